The van der Waals surface area contributed by atoms with E-state index < -0.39 is 0 Å². The molecular weight excluding hydrogens is 304 g/mol. The normalized spacial score (nSPS) is 17.8. The number of nitrogens with zero attached hydrogens (tertiary/aromatic N) is 3. The van der Waals surface area contributed by atoms with Crippen molar-refractivity contribution in [1.82, 2.24) is 20.0 Å². The number of aryl methyl sites for hydroxylation is 1. The molecule has 0 saturated carbocycles. The highest BCUT2D eigenvalue weighted by atomic mass is 16.5. The summed E-state index contributed by atoms with van der Waals surface area (Å²) in [7, 11) is 0. The van der Waals surface area contributed by atoms with Gasteiger partial charge in [-0.2, -0.15) is 5.10 Å². The highest BCUT2D eigenvalue weighted by molar-refractivity contribution is 5.74. The standard InChI is InChI=1S/C18H24N4O2/c1-13-12-21(9-10-24-13)18(23)19-11-17-14(2)20-22(15(17)3)16-7-5-4-6-8-16/h4-8,13H,9-12H2,1-3H3,(H,19,23)/t13-/m1/s1. The molecule has 6 heteroatoms. The number of para-hydroxylation sites is 1. The maximum Gasteiger partial charge on any atom is 0.317 e. The Kier molecular flexibility index (Phi) is 4.85. The van der Waals surface area contributed by atoms with Crippen LogP contribution in [0.4, 0.5) is 4.79 Å². The van der Waals surface area contributed by atoms with Crippen LogP contribution in [0.5, 0.6) is 0 Å². The van der Waals surface area contributed by atoms with E-state index in [1.54, 1.807) is 4.90 Å². The zero-order valence-electron chi connectivity index (χ0n) is 14.5. The van der Waals surface area contributed by atoms with Crippen molar-refractivity contribution in [2.75, 3.05) is 19.7 Å². The van der Waals surface area contributed by atoms with Crippen molar-refractivity contribution in [1.29, 1.82) is 0 Å². The van der Waals surface area contributed by atoms with Crippen molar-refractivity contribution in [3.8, 4) is 5.69 Å². The monoisotopic (exact) mass is 328 g/mol. The summed E-state index contributed by atoms with van der Waals surface area (Å²) < 4.78 is 7.40. The average molecular weight is 328 g/mol. The molecule has 1 aliphatic rings. The van der Waals surface area contributed by atoms with E-state index in [0.29, 0.717) is 26.2 Å². The lowest BCUT2D eigenvalue weighted by atomic mass is 10.2. The first-order valence-electron chi connectivity index (χ1n) is 8.31. The number of carbonyl (C=O) groups is 1. The third kappa shape index (κ3) is 3.43. The van der Waals surface area contributed by atoms with Gasteiger partial charge in [0.05, 0.1) is 24.1 Å². The van der Waals surface area contributed by atoms with E-state index in [9.17, 15) is 4.79 Å². The van der Waals surface area contributed by atoms with Crippen LogP contribution in [-0.4, -0.2) is 46.5 Å². The summed E-state index contributed by atoms with van der Waals surface area (Å²) in [4.78, 5) is 14.2. The van der Waals surface area contributed by atoms with Gasteiger partial charge in [0.2, 0.25) is 0 Å². The minimum atomic E-state index is -0.0450. The van der Waals surface area contributed by atoms with Gasteiger partial charge in [-0.15, -0.1) is 0 Å². The molecule has 24 heavy (non-hydrogen) atoms. The summed E-state index contributed by atoms with van der Waals surface area (Å²) in [5, 5.41) is 7.63. The highest BCUT2D eigenvalue weighted by Gasteiger charge is 2.22. The van der Waals surface area contributed by atoms with Crippen LogP contribution < -0.4 is 5.32 Å². The third-order valence-electron chi connectivity index (χ3n) is 4.39. The zero-order valence-corrected chi connectivity index (χ0v) is 14.5. The maximum absolute atomic E-state index is 12.3. The van der Waals surface area contributed by atoms with E-state index in [1.807, 2.05) is 55.8 Å². The first-order valence-corrected chi connectivity index (χ1v) is 8.31. The first-order chi connectivity index (χ1) is 11.6. The molecule has 0 spiro atoms. The Hall–Kier alpha value is -2.34. The van der Waals surface area contributed by atoms with Gasteiger partial charge in [-0.05, 0) is 32.9 Å². The number of nitrogens with one attached hydrogen (secondary N) is 1. The number of hydrogen-bond acceptors (Lipinski definition) is 3. The lowest BCUT2D eigenvalue weighted by molar-refractivity contribution is -0.00352. The van der Waals surface area contributed by atoms with Gasteiger partial charge in [-0.25, -0.2) is 9.48 Å². The van der Waals surface area contributed by atoms with Crippen molar-refractivity contribution in [3.63, 3.8) is 0 Å². The number of morpholine rings is 1. The number of amides is 2. The van der Waals surface area contributed by atoms with Crippen LogP contribution in [0.2, 0.25) is 0 Å². The van der Waals surface area contributed by atoms with Crippen LogP contribution in [-0.2, 0) is 11.3 Å². The Morgan fingerprint density at radius 3 is 2.79 bits per heavy atom. The van der Waals surface area contributed by atoms with Crippen LogP contribution in [0.15, 0.2) is 30.3 Å². The number of ether oxygens (including phenoxy) is 1. The van der Waals surface area contributed by atoms with E-state index in [1.165, 1.54) is 0 Å². The Morgan fingerprint density at radius 1 is 1.33 bits per heavy atom. The lowest BCUT2D eigenvalue weighted by Crippen LogP contribution is -2.48. The molecule has 0 unspecified atom stereocenters. The van der Waals surface area contributed by atoms with Gasteiger partial charge in [0.15, 0.2) is 0 Å². The highest BCUT2D eigenvalue weighted by Crippen LogP contribution is 2.17. The third-order valence-corrected chi connectivity index (χ3v) is 4.39. The van der Waals surface area contributed by atoms with Gasteiger partial charge in [0.25, 0.3) is 0 Å². The molecule has 2 amide bonds. The van der Waals surface area contributed by atoms with Gasteiger partial charge in [-0.3, -0.25) is 0 Å². The molecule has 1 fully saturated rings. The average Bonchev–Trinajstić information content (AvgIpc) is 2.88. The predicted octanol–water partition coefficient (Wildman–Crippen LogP) is 2.42. The van der Waals surface area contributed by atoms with Crippen LogP contribution in [0.3, 0.4) is 0 Å². The smallest absolute Gasteiger partial charge is 0.317 e. The lowest BCUT2D eigenvalue weighted by Gasteiger charge is -2.31. The van der Waals surface area contributed by atoms with E-state index in [2.05, 4.69) is 10.4 Å². The van der Waals surface area contributed by atoms with E-state index in [-0.39, 0.29) is 12.1 Å². The predicted molar refractivity (Wildman–Crippen MR) is 92.3 cm³/mol. The summed E-state index contributed by atoms with van der Waals surface area (Å²) >= 11 is 0. The quantitative estimate of drug-likeness (QED) is 0.941. The van der Waals surface area contributed by atoms with Gasteiger partial charge in [0, 0.05) is 30.9 Å². The second-order valence-corrected chi connectivity index (χ2v) is 6.18. The molecular formula is C18H24N4O2. The first kappa shape index (κ1) is 16.5. The largest absolute Gasteiger partial charge is 0.375 e. The molecule has 1 aromatic heterocycles. The molecule has 1 saturated heterocycles. The Morgan fingerprint density at radius 2 is 2.08 bits per heavy atom. The molecule has 1 N–H and O–H groups in total. The second kappa shape index (κ2) is 7.05. The molecule has 2 aromatic rings. The van der Waals surface area contributed by atoms with Gasteiger partial charge < -0.3 is 15.0 Å². The SMILES string of the molecule is Cc1nn(-c2ccccc2)c(C)c1CNC(=O)N1CCO[C@H](C)C1. The van der Waals surface area contributed by atoms with Gasteiger partial charge in [0.1, 0.15) is 0 Å². The van der Waals surface area contributed by atoms with Crippen molar-refractivity contribution < 1.29 is 9.53 Å². The molecule has 6 nitrogen and oxygen atoms in total. The van der Waals surface area contributed by atoms with Crippen molar-refractivity contribution in [2.45, 2.75) is 33.4 Å². The van der Waals surface area contributed by atoms with Crippen molar-refractivity contribution in [3.05, 3.63) is 47.3 Å². The Balaban J connectivity index is 1.69. The summed E-state index contributed by atoms with van der Waals surface area (Å²) in [6, 6.07) is 9.98. The number of rotatable bonds is 3. The molecule has 0 bridgehead atoms. The molecule has 0 radical (unpaired) electrons. The van der Waals surface area contributed by atoms with Crippen LogP contribution in [0, 0.1) is 13.8 Å². The van der Waals surface area contributed by atoms with Gasteiger partial charge in [-0.1, -0.05) is 18.2 Å². The molecule has 2 heterocycles. The fourth-order valence-corrected chi connectivity index (χ4v) is 3.03. The molecule has 1 aromatic carbocycles. The Bertz CT molecular complexity index is 711. The summed E-state index contributed by atoms with van der Waals surface area (Å²) in [6.45, 7) is 8.34. The maximum atomic E-state index is 12.3. The van der Waals surface area contributed by atoms with E-state index >= 15 is 0 Å². The zero-order chi connectivity index (χ0) is 17.1. The van der Waals surface area contributed by atoms with Gasteiger partial charge >= 0.3 is 6.03 Å². The summed E-state index contributed by atoms with van der Waals surface area (Å²) in [6.07, 6.45) is 0.0915. The molecule has 1 aliphatic heterocycles. The van der Waals surface area contributed by atoms with Crippen LogP contribution >= 0.6 is 0 Å². The Labute approximate surface area is 142 Å². The summed E-state index contributed by atoms with van der Waals surface area (Å²) in [5.41, 5.74) is 4.08. The van der Waals surface area contributed by atoms with Crippen LogP contribution in [0.1, 0.15) is 23.9 Å². The van der Waals surface area contributed by atoms with E-state index in [0.717, 1.165) is 22.6 Å². The minimum Gasteiger partial charge on any atom is -0.375 e. The minimum absolute atomic E-state index is 0.0450. The number of hydrogen-bond donors (Lipinski definition) is 1. The fraction of sp³-hybridized carbons (Fsp3) is 0.444. The molecule has 1 atom stereocenters. The summed E-state index contributed by atoms with van der Waals surface area (Å²) in [5.74, 6) is 0. The number of carbonyl (C=O) groups excluding carboxylic acids is 1. The van der Waals surface area contributed by atoms with Crippen molar-refractivity contribution >= 4 is 6.03 Å². The molecule has 128 valence electrons. The number of benzene rings is 1. The second-order valence-electron chi connectivity index (χ2n) is 6.18. The molecule has 0 aliphatic carbocycles. The van der Waals surface area contributed by atoms with Crippen molar-refractivity contribution in [2.24, 2.45) is 0 Å². The number of urea groups is 1. The topological polar surface area (TPSA) is 59.4 Å². The fourth-order valence-electron chi connectivity index (χ4n) is 3.03. The van der Waals surface area contributed by atoms with E-state index in [4.69, 9.17) is 4.74 Å². The molecule has 3 rings (SSSR count). The van der Waals surface area contributed by atoms with Crippen LogP contribution in [0.25, 0.3) is 5.69 Å². The number of aromatic nitrogens is 2.